The summed E-state index contributed by atoms with van der Waals surface area (Å²) in [5, 5.41) is 11.2. The smallest absolute Gasteiger partial charge is 0.332 e. The number of carbonyl (C=O) groups is 1. The number of carbonyl (C=O) groups excluding carboxylic acids is 1. The summed E-state index contributed by atoms with van der Waals surface area (Å²) in [6.07, 6.45) is 0. The van der Waals surface area contributed by atoms with Crippen LogP contribution in [0, 0.1) is 10.1 Å². The van der Waals surface area contributed by atoms with Crippen LogP contribution < -0.4 is 11.2 Å². The molecule has 9 nitrogen and oxygen atoms in total. The predicted octanol–water partition coefficient (Wildman–Crippen LogP) is 1.68. The summed E-state index contributed by atoms with van der Waals surface area (Å²) in [4.78, 5) is 48.1. The van der Waals surface area contributed by atoms with E-state index in [9.17, 15) is 24.5 Å². The van der Waals surface area contributed by atoms with Gasteiger partial charge in [0.15, 0.2) is 0 Å². The Morgan fingerprint density at radius 3 is 2.57 bits per heavy atom. The Kier molecular flexibility index (Phi) is 5.35. The Balaban J connectivity index is 2.16. The zero-order valence-corrected chi connectivity index (χ0v) is 15.0. The van der Waals surface area contributed by atoms with E-state index in [4.69, 9.17) is 4.74 Å². The van der Waals surface area contributed by atoms with Gasteiger partial charge in [-0.15, -0.1) is 0 Å². The van der Waals surface area contributed by atoms with Crippen LogP contribution in [0.4, 0.5) is 5.69 Å². The summed E-state index contributed by atoms with van der Waals surface area (Å²) in [6, 6.07) is 12.1. The monoisotopic (exact) mass is 383 g/mol. The van der Waals surface area contributed by atoms with Crippen molar-refractivity contribution in [2.45, 2.75) is 20.0 Å². The highest BCUT2D eigenvalue weighted by molar-refractivity contribution is 5.80. The molecule has 144 valence electrons. The van der Waals surface area contributed by atoms with Gasteiger partial charge in [0.05, 0.1) is 29.0 Å². The van der Waals surface area contributed by atoms with Crippen molar-refractivity contribution in [3.05, 3.63) is 85.0 Å². The SMILES string of the molecule is CCOC(=O)Cn1c(=O)n(Cc2cccc([N+](=O)[O-])c2)c(=O)c2ccccc21. The number of nitro groups is 1. The Morgan fingerprint density at radius 1 is 1.11 bits per heavy atom. The minimum Gasteiger partial charge on any atom is -0.465 e. The number of rotatable bonds is 6. The lowest BCUT2D eigenvalue weighted by Crippen LogP contribution is -2.41. The zero-order valence-electron chi connectivity index (χ0n) is 15.0. The van der Waals surface area contributed by atoms with Gasteiger partial charge in [-0.1, -0.05) is 24.3 Å². The lowest BCUT2D eigenvalue weighted by atomic mass is 10.2. The maximum Gasteiger partial charge on any atom is 0.332 e. The number of nitrogens with zero attached hydrogens (tertiary/aromatic N) is 3. The summed E-state index contributed by atoms with van der Waals surface area (Å²) >= 11 is 0. The van der Waals surface area contributed by atoms with Crippen molar-refractivity contribution in [2.24, 2.45) is 0 Å². The third kappa shape index (κ3) is 3.68. The van der Waals surface area contributed by atoms with Gasteiger partial charge >= 0.3 is 11.7 Å². The van der Waals surface area contributed by atoms with Gasteiger partial charge < -0.3 is 4.74 Å². The molecule has 0 saturated carbocycles. The first kappa shape index (κ1) is 19.0. The average molecular weight is 383 g/mol. The molecule has 0 amide bonds. The summed E-state index contributed by atoms with van der Waals surface area (Å²) in [6.45, 7) is 1.32. The highest BCUT2D eigenvalue weighted by atomic mass is 16.6. The molecule has 0 aliphatic heterocycles. The first-order valence-electron chi connectivity index (χ1n) is 8.53. The molecule has 0 aliphatic carbocycles. The van der Waals surface area contributed by atoms with Gasteiger partial charge in [-0.3, -0.25) is 28.8 Å². The quantitative estimate of drug-likeness (QED) is 0.364. The summed E-state index contributed by atoms with van der Waals surface area (Å²) < 4.78 is 7.05. The van der Waals surface area contributed by atoms with Gasteiger partial charge in [0.1, 0.15) is 6.54 Å². The second kappa shape index (κ2) is 7.87. The molecule has 0 fully saturated rings. The fraction of sp³-hybridized carbons (Fsp3) is 0.211. The third-order valence-corrected chi connectivity index (χ3v) is 4.19. The number of fused-ring (bicyclic) bond motifs is 1. The van der Waals surface area contributed by atoms with Crippen LogP contribution in [-0.2, 0) is 22.6 Å². The maximum atomic E-state index is 13.0. The number of benzene rings is 2. The van der Waals surface area contributed by atoms with Gasteiger partial charge in [-0.05, 0) is 24.6 Å². The average Bonchev–Trinajstić information content (AvgIpc) is 2.69. The van der Waals surface area contributed by atoms with Crippen molar-refractivity contribution in [1.29, 1.82) is 0 Å². The van der Waals surface area contributed by atoms with E-state index in [1.807, 2.05) is 0 Å². The number of non-ortho nitro benzene ring substituents is 1. The van der Waals surface area contributed by atoms with Crippen LogP contribution in [-0.4, -0.2) is 26.6 Å². The molecular formula is C19H17N3O6. The Bertz CT molecular complexity index is 1180. The second-order valence-corrected chi connectivity index (χ2v) is 6.01. The normalized spacial score (nSPS) is 10.8. The molecule has 0 spiro atoms. The number of esters is 1. The molecule has 0 saturated heterocycles. The first-order valence-corrected chi connectivity index (χ1v) is 8.53. The molecule has 9 heteroatoms. The molecule has 0 radical (unpaired) electrons. The number of nitro benzene ring substituents is 1. The number of hydrogen-bond acceptors (Lipinski definition) is 6. The number of para-hydroxylation sites is 1. The van der Waals surface area contributed by atoms with Crippen molar-refractivity contribution >= 4 is 22.6 Å². The highest BCUT2D eigenvalue weighted by Crippen LogP contribution is 2.14. The van der Waals surface area contributed by atoms with E-state index in [1.165, 1.54) is 22.8 Å². The lowest BCUT2D eigenvalue weighted by molar-refractivity contribution is -0.384. The molecule has 0 unspecified atom stereocenters. The van der Waals surface area contributed by atoms with E-state index >= 15 is 0 Å². The van der Waals surface area contributed by atoms with Gasteiger partial charge in [-0.25, -0.2) is 4.79 Å². The van der Waals surface area contributed by atoms with Crippen LogP contribution in [0.1, 0.15) is 12.5 Å². The molecule has 3 aromatic rings. The van der Waals surface area contributed by atoms with Gasteiger partial charge in [0.2, 0.25) is 0 Å². The van der Waals surface area contributed by atoms with E-state index in [1.54, 1.807) is 37.3 Å². The van der Waals surface area contributed by atoms with Crippen molar-refractivity contribution in [3.63, 3.8) is 0 Å². The highest BCUT2D eigenvalue weighted by Gasteiger charge is 2.16. The van der Waals surface area contributed by atoms with Crippen molar-refractivity contribution in [1.82, 2.24) is 9.13 Å². The molecule has 28 heavy (non-hydrogen) atoms. The van der Waals surface area contributed by atoms with Crippen LogP contribution >= 0.6 is 0 Å². The topological polar surface area (TPSA) is 113 Å². The summed E-state index contributed by atoms with van der Waals surface area (Å²) in [5.41, 5.74) is -0.624. The minimum absolute atomic E-state index is 0.141. The Hall–Kier alpha value is -3.75. The van der Waals surface area contributed by atoms with Crippen molar-refractivity contribution in [3.8, 4) is 0 Å². The maximum absolute atomic E-state index is 13.0. The van der Waals surface area contributed by atoms with Gasteiger partial charge in [0.25, 0.3) is 11.2 Å². The molecule has 3 rings (SSSR count). The summed E-state index contributed by atoms with van der Waals surface area (Å²) in [5.74, 6) is -0.602. The fourth-order valence-electron chi connectivity index (χ4n) is 2.95. The van der Waals surface area contributed by atoms with Crippen molar-refractivity contribution < 1.29 is 14.5 Å². The van der Waals surface area contributed by atoms with E-state index in [2.05, 4.69) is 0 Å². The van der Waals surface area contributed by atoms with Crippen LogP contribution in [0.25, 0.3) is 10.9 Å². The van der Waals surface area contributed by atoms with Crippen molar-refractivity contribution in [2.75, 3.05) is 6.61 Å². The van der Waals surface area contributed by atoms with E-state index in [0.29, 0.717) is 11.1 Å². The summed E-state index contributed by atoms with van der Waals surface area (Å²) in [7, 11) is 0. The third-order valence-electron chi connectivity index (χ3n) is 4.19. The number of hydrogen-bond donors (Lipinski definition) is 0. The molecule has 0 bridgehead atoms. The molecule has 0 atom stereocenters. The lowest BCUT2D eigenvalue weighted by Gasteiger charge is -2.13. The van der Waals surface area contributed by atoms with Gasteiger partial charge in [0, 0.05) is 12.1 Å². The molecule has 1 aromatic heterocycles. The fourth-order valence-corrected chi connectivity index (χ4v) is 2.95. The molecular weight excluding hydrogens is 366 g/mol. The standard InChI is InChI=1S/C19H17N3O6/c1-2-28-17(23)12-20-16-9-4-3-8-15(16)18(24)21(19(20)25)11-13-6-5-7-14(10-13)22(26)27/h3-10H,2,11-12H2,1H3. The van der Waals surface area contributed by atoms with E-state index in [0.717, 1.165) is 4.57 Å². The number of aromatic nitrogens is 2. The van der Waals surface area contributed by atoms with E-state index < -0.39 is 22.1 Å². The zero-order chi connectivity index (χ0) is 20.3. The molecule has 2 aromatic carbocycles. The minimum atomic E-state index is -0.691. The van der Waals surface area contributed by atoms with E-state index in [-0.39, 0.29) is 30.8 Å². The van der Waals surface area contributed by atoms with Crippen LogP contribution in [0.2, 0.25) is 0 Å². The van der Waals surface area contributed by atoms with Crippen LogP contribution in [0.15, 0.2) is 58.1 Å². The molecule has 0 N–H and O–H groups in total. The number of ether oxygens (including phenoxy) is 1. The first-order chi connectivity index (χ1) is 13.4. The Morgan fingerprint density at radius 2 is 1.86 bits per heavy atom. The van der Waals surface area contributed by atoms with Crippen LogP contribution in [0.3, 0.4) is 0 Å². The molecule has 0 aliphatic rings. The van der Waals surface area contributed by atoms with Crippen LogP contribution in [0.5, 0.6) is 0 Å². The largest absolute Gasteiger partial charge is 0.465 e. The Labute approximate surface area is 158 Å². The second-order valence-electron chi connectivity index (χ2n) is 6.01. The molecule has 1 heterocycles. The predicted molar refractivity (Wildman–Crippen MR) is 101 cm³/mol. The van der Waals surface area contributed by atoms with Gasteiger partial charge in [-0.2, -0.15) is 0 Å².